The molecule has 0 aliphatic carbocycles. The smallest absolute Gasteiger partial charge is 0.231 e. The third-order valence-corrected chi connectivity index (χ3v) is 3.89. The molecule has 0 bridgehead atoms. The number of ketones is 1. The molecule has 2 aromatic carbocycles. The highest BCUT2D eigenvalue weighted by atomic mass is 35.5. The van der Waals surface area contributed by atoms with Gasteiger partial charge in [0.25, 0.3) is 0 Å². The van der Waals surface area contributed by atoms with Crippen molar-refractivity contribution in [1.82, 2.24) is 0 Å². The third-order valence-electron chi connectivity index (χ3n) is 3.56. The second-order valence-corrected chi connectivity index (χ2v) is 5.27. The van der Waals surface area contributed by atoms with Crippen LogP contribution in [0.2, 0.25) is 5.02 Å². The van der Waals surface area contributed by atoms with Crippen LogP contribution in [-0.4, -0.2) is 18.3 Å². The van der Waals surface area contributed by atoms with Crippen LogP contribution in [0.1, 0.15) is 22.3 Å². The number of carbonyl (C=O) groups excluding carboxylic acids is 1. The number of halogens is 1. The van der Waals surface area contributed by atoms with E-state index in [9.17, 15) is 4.79 Å². The fourth-order valence-electron chi connectivity index (χ4n) is 2.53. The molecule has 0 radical (unpaired) electrons. The monoisotopic (exact) mass is 299 g/mol. The Balaban J connectivity index is 1.87. The van der Waals surface area contributed by atoms with Gasteiger partial charge in [0, 0.05) is 22.2 Å². The number of carbonyl (C=O) groups is 1. The van der Waals surface area contributed by atoms with Crippen molar-refractivity contribution in [2.45, 2.75) is 6.42 Å². The zero-order valence-corrected chi connectivity index (χ0v) is 11.7. The molecular weight excluding hydrogens is 290 g/mol. The maximum Gasteiger partial charge on any atom is 0.231 e. The lowest BCUT2D eigenvalue weighted by Gasteiger charge is -2.16. The van der Waals surface area contributed by atoms with Crippen molar-refractivity contribution in [3.63, 3.8) is 0 Å². The minimum atomic E-state index is 0.00761. The van der Waals surface area contributed by atoms with Crippen LogP contribution in [0.4, 0.5) is 5.69 Å². The molecule has 2 aliphatic heterocycles. The third kappa shape index (κ3) is 1.99. The van der Waals surface area contributed by atoms with Crippen molar-refractivity contribution in [2.75, 3.05) is 6.79 Å². The van der Waals surface area contributed by atoms with Crippen LogP contribution in [0.3, 0.4) is 0 Å². The number of hydrogen-bond acceptors (Lipinski definition) is 4. The van der Waals surface area contributed by atoms with Crippen LogP contribution in [0.25, 0.3) is 0 Å². The fourth-order valence-corrected chi connectivity index (χ4v) is 2.77. The van der Waals surface area contributed by atoms with Crippen molar-refractivity contribution in [3.05, 3.63) is 52.5 Å². The highest BCUT2D eigenvalue weighted by molar-refractivity contribution is 6.35. The van der Waals surface area contributed by atoms with E-state index < -0.39 is 0 Å². The molecule has 2 heterocycles. The molecule has 4 rings (SSSR count). The molecule has 0 aromatic heterocycles. The number of nitrogens with zero attached hydrogens (tertiary/aromatic N) is 1. The molecule has 2 aromatic rings. The van der Waals surface area contributed by atoms with Crippen molar-refractivity contribution in [3.8, 4) is 11.5 Å². The van der Waals surface area contributed by atoms with E-state index in [1.807, 2.05) is 18.2 Å². The SMILES string of the molecule is O=C1CC(c2ccccc2Cl)=Nc2cc3c(cc21)OCO3. The van der Waals surface area contributed by atoms with Gasteiger partial charge < -0.3 is 9.47 Å². The van der Waals surface area contributed by atoms with E-state index in [1.54, 1.807) is 18.2 Å². The van der Waals surface area contributed by atoms with E-state index in [-0.39, 0.29) is 19.0 Å². The Morgan fingerprint density at radius 3 is 2.62 bits per heavy atom. The van der Waals surface area contributed by atoms with Crippen molar-refractivity contribution < 1.29 is 14.3 Å². The maximum atomic E-state index is 12.4. The van der Waals surface area contributed by atoms with E-state index in [0.29, 0.717) is 33.5 Å². The summed E-state index contributed by atoms with van der Waals surface area (Å²) in [5, 5.41) is 0.591. The summed E-state index contributed by atoms with van der Waals surface area (Å²) < 4.78 is 10.6. The number of rotatable bonds is 1. The van der Waals surface area contributed by atoms with Gasteiger partial charge in [-0.25, -0.2) is 0 Å². The predicted octanol–water partition coefficient (Wildman–Crippen LogP) is 3.78. The van der Waals surface area contributed by atoms with Gasteiger partial charge in [-0.05, 0) is 12.1 Å². The lowest BCUT2D eigenvalue weighted by Crippen LogP contribution is -2.14. The van der Waals surface area contributed by atoms with Crippen LogP contribution in [0, 0.1) is 0 Å². The lowest BCUT2D eigenvalue weighted by molar-refractivity contribution is 0.0999. The standard InChI is InChI=1S/C16H10ClNO3/c17-11-4-2-1-3-9(11)12-6-14(19)10-5-15-16(21-8-20-15)7-13(10)18-12/h1-5,7H,6,8H2. The number of fused-ring (bicyclic) bond motifs is 2. The number of benzene rings is 2. The minimum Gasteiger partial charge on any atom is -0.454 e. The van der Waals surface area contributed by atoms with E-state index in [4.69, 9.17) is 21.1 Å². The molecule has 21 heavy (non-hydrogen) atoms. The van der Waals surface area contributed by atoms with E-state index in [0.717, 1.165) is 5.56 Å². The van der Waals surface area contributed by atoms with Gasteiger partial charge in [-0.2, -0.15) is 0 Å². The number of Topliss-reactive ketones (excluding diaryl/α,β-unsaturated/α-hetero) is 1. The first-order chi connectivity index (χ1) is 10.2. The second-order valence-electron chi connectivity index (χ2n) is 4.86. The van der Waals surface area contributed by atoms with Gasteiger partial charge in [0.05, 0.1) is 17.8 Å². The summed E-state index contributed by atoms with van der Waals surface area (Å²) in [6.07, 6.45) is 0.233. The summed E-state index contributed by atoms with van der Waals surface area (Å²) in [5.74, 6) is 1.22. The number of ether oxygens (including phenoxy) is 2. The Kier molecular flexibility index (Phi) is 2.72. The van der Waals surface area contributed by atoms with Crippen molar-refractivity contribution in [2.24, 2.45) is 4.99 Å². The average molecular weight is 300 g/mol. The van der Waals surface area contributed by atoms with Gasteiger partial charge in [0.2, 0.25) is 6.79 Å². The van der Waals surface area contributed by atoms with Crippen LogP contribution in [-0.2, 0) is 0 Å². The summed E-state index contributed by atoms with van der Waals surface area (Å²) in [6, 6.07) is 10.8. The Morgan fingerprint density at radius 1 is 1.05 bits per heavy atom. The average Bonchev–Trinajstić information content (AvgIpc) is 2.93. The van der Waals surface area contributed by atoms with Gasteiger partial charge in [0.1, 0.15) is 0 Å². The zero-order chi connectivity index (χ0) is 14.4. The summed E-state index contributed by atoms with van der Waals surface area (Å²) in [6.45, 7) is 0.174. The Labute approximate surface area is 126 Å². The summed E-state index contributed by atoms with van der Waals surface area (Å²) >= 11 is 6.19. The van der Waals surface area contributed by atoms with E-state index in [1.165, 1.54) is 0 Å². The molecule has 0 saturated heterocycles. The highest BCUT2D eigenvalue weighted by Gasteiger charge is 2.26. The molecule has 104 valence electrons. The fraction of sp³-hybridized carbons (Fsp3) is 0.125. The van der Waals surface area contributed by atoms with Gasteiger partial charge >= 0.3 is 0 Å². The Morgan fingerprint density at radius 2 is 1.81 bits per heavy atom. The van der Waals surface area contributed by atoms with E-state index >= 15 is 0 Å². The molecule has 0 N–H and O–H groups in total. The quantitative estimate of drug-likeness (QED) is 0.805. The highest BCUT2D eigenvalue weighted by Crippen LogP contribution is 2.40. The van der Waals surface area contributed by atoms with Crippen LogP contribution in [0.15, 0.2) is 41.4 Å². The number of aliphatic imine (C=N–C) groups is 1. The van der Waals surface area contributed by atoms with Gasteiger partial charge in [-0.15, -0.1) is 0 Å². The summed E-state index contributed by atoms with van der Waals surface area (Å²) in [4.78, 5) is 16.9. The number of hydrogen-bond donors (Lipinski definition) is 0. The van der Waals surface area contributed by atoms with Gasteiger partial charge in [-0.1, -0.05) is 29.8 Å². The van der Waals surface area contributed by atoms with Crippen molar-refractivity contribution in [1.29, 1.82) is 0 Å². The first kappa shape index (κ1) is 12.4. The maximum absolute atomic E-state index is 12.4. The molecule has 5 heteroatoms. The molecule has 2 aliphatic rings. The van der Waals surface area contributed by atoms with E-state index in [2.05, 4.69) is 4.99 Å². The summed E-state index contributed by atoms with van der Waals surface area (Å²) in [7, 11) is 0. The van der Waals surface area contributed by atoms with Crippen LogP contribution < -0.4 is 9.47 Å². The Bertz CT molecular complexity index is 798. The summed E-state index contributed by atoms with van der Waals surface area (Å²) in [5.41, 5.74) is 2.63. The minimum absolute atomic E-state index is 0.00761. The molecule has 0 amide bonds. The second kappa shape index (κ2) is 4.60. The normalized spacial score (nSPS) is 15.7. The molecule has 0 saturated carbocycles. The van der Waals surface area contributed by atoms with Crippen LogP contribution in [0.5, 0.6) is 11.5 Å². The topological polar surface area (TPSA) is 47.9 Å². The molecule has 0 atom stereocenters. The van der Waals surface area contributed by atoms with Gasteiger partial charge in [-0.3, -0.25) is 9.79 Å². The predicted molar refractivity (Wildman–Crippen MR) is 79.2 cm³/mol. The van der Waals surface area contributed by atoms with Crippen LogP contribution >= 0.6 is 11.6 Å². The zero-order valence-electron chi connectivity index (χ0n) is 10.9. The largest absolute Gasteiger partial charge is 0.454 e. The molecule has 4 nitrogen and oxygen atoms in total. The first-order valence-corrected chi connectivity index (χ1v) is 6.89. The first-order valence-electron chi connectivity index (χ1n) is 6.52. The Hall–Kier alpha value is -2.33. The molecule has 0 unspecified atom stereocenters. The van der Waals surface area contributed by atoms with Gasteiger partial charge in [0.15, 0.2) is 17.3 Å². The molecule has 0 fully saturated rings. The molecular formula is C16H10ClNO3. The van der Waals surface area contributed by atoms with Crippen molar-refractivity contribution >= 4 is 28.8 Å². The molecule has 0 spiro atoms. The lowest BCUT2D eigenvalue weighted by atomic mass is 9.96.